The number of hydrogen-bond acceptors (Lipinski definition) is 4. The Labute approximate surface area is 217 Å². The van der Waals surface area contributed by atoms with Gasteiger partial charge in [0.15, 0.2) is 17.7 Å². The number of rotatable bonds is 17. The second kappa shape index (κ2) is 16.5. The summed E-state index contributed by atoms with van der Waals surface area (Å²) in [5, 5.41) is 11.9. The molecule has 2 rings (SSSR count). The lowest BCUT2D eigenvalue weighted by atomic mass is 10.1. The largest absolute Gasteiger partial charge is 0.492 e. The van der Waals surface area contributed by atoms with Crippen molar-refractivity contribution in [2.24, 2.45) is 0 Å². The summed E-state index contributed by atoms with van der Waals surface area (Å²) in [7, 11) is 0. The van der Waals surface area contributed by atoms with Gasteiger partial charge in [-0.05, 0) is 43.2 Å². The molecule has 2 aromatic rings. The van der Waals surface area contributed by atoms with Crippen molar-refractivity contribution in [2.75, 3.05) is 31.6 Å². The predicted octanol–water partition coefficient (Wildman–Crippen LogP) is 6.27. The number of aliphatic carboxylic acids is 1. The molecule has 0 heterocycles. The summed E-state index contributed by atoms with van der Waals surface area (Å²) in [5.41, 5.74) is 0.990. The molecule has 0 saturated heterocycles. The SMILES string of the molecule is CCCCCCCCN(CCOc1ccc(CC(OCC)C(=O)O)cc1)C(=O)Nc1ccc(F)c(F)c1. The number of carbonyl (C=O) groups excluding carboxylic acids is 1. The number of anilines is 1. The number of halogens is 2. The van der Waals surface area contributed by atoms with E-state index in [2.05, 4.69) is 12.2 Å². The summed E-state index contributed by atoms with van der Waals surface area (Å²) >= 11 is 0. The van der Waals surface area contributed by atoms with Crippen molar-refractivity contribution in [2.45, 2.75) is 64.9 Å². The van der Waals surface area contributed by atoms with Crippen LogP contribution in [-0.2, 0) is 16.0 Å². The molecule has 0 saturated carbocycles. The lowest BCUT2D eigenvalue weighted by Gasteiger charge is -2.23. The van der Waals surface area contributed by atoms with E-state index in [0.29, 0.717) is 25.4 Å². The highest BCUT2D eigenvalue weighted by molar-refractivity contribution is 5.89. The molecule has 7 nitrogen and oxygen atoms in total. The number of amides is 2. The fourth-order valence-corrected chi connectivity index (χ4v) is 3.80. The van der Waals surface area contributed by atoms with Crippen LogP contribution in [0.4, 0.5) is 19.3 Å². The molecule has 2 N–H and O–H groups in total. The molecule has 0 aromatic heterocycles. The van der Waals surface area contributed by atoms with Crippen molar-refractivity contribution in [3.8, 4) is 5.75 Å². The molecule has 1 unspecified atom stereocenters. The molecule has 0 aliphatic carbocycles. The normalized spacial score (nSPS) is 11.7. The maximum atomic E-state index is 13.6. The van der Waals surface area contributed by atoms with Gasteiger partial charge in [0.1, 0.15) is 12.4 Å². The van der Waals surface area contributed by atoms with Crippen molar-refractivity contribution >= 4 is 17.7 Å². The van der Waals surface area contributed by atoms with Crippen LogP contribution >= 0.6 is 0 Å². The van der Waals surface area contributed by atoms with E-state index in [1.54, 1.807) is 36.1 Å². The van der Waals surface area contributed by atoms with Crippen molar-refractivity contribution in [1.29, 1.82) is 0 Å². The predicted molar refractivity (Wildman–Crippen MR) is 139 cm³/mol. The van der Waals surface area contributed by atoms with E-state index in [4.69, 9.17) is 9.47 Å². The van der Waals surface area contributed by atoms with E-state index < -0.39 is 29.7 Å². The van der Waals surface area contributed by atoms with Crippen molar-refractivity contribution in [3.05, 3.63) is 59.7 Å². The minimum atomic E-state index is -1.03. The third-order valence-corrected chi connectivity index (χ3v) is 5.86. The Hall–Kier alpha value is -3.20. The summed E-state index contributed by atoms with van der Waals surface area (Å²) in [6, 6.07) is 9.91. The van der Waals surface area contributed by atoms with Gasteiger partial charge in [-0.2, -0.15) is 0 Å². The maximum absolute atomic E-state index is 13.6. The third kappa shape index (κ3) is 11.2. The summed E-state index contributed by atoms with van der Waals surface area (Å²) in [4.78, 5) is 25.7. The number of carboxylic acid groups (broad SMARTS) is 1. The van der Waals surface area contributed by atoms with Gasteiger partial charge in [0, 0.05) is 31.3 Å². The molecule has 2 amide bonds. The van der Waals surface area contributed by atoms with Gasteiger partial charge in [0.25, 0.3) is 0 Å². The molecular weight excluding hydrogens is 482 g/mol. The van der Waals surface area contributed by atoms with Crippen LogP contribution in [0.3, 0.4) is 0 Å². The molecule has 0 aliphatic heterocycles. The van der Waals surface area contributed by atoms with E-state index in [1.807, 2.05) is 0 Å². The quantitative estimate of drug-likeness (QED) is 0.240. The van der Waals surface area contributed by atoms with Crippen LogP contribution in [0.5, 0.6) is 5.75 Å². The molecule has 37 heavy (non-hydrogen) atoms. The number of ether oxygens (including phenoxy) is 2. The lowest BCUT2D eigenvalue weighted by molar-refractivity contribution is -0.149. The van der Waals surface area contributed by atoms with Crippen LogP contribution in [-0.4, -0.2) is 54.4 Å². The zero-order chi connectivity index (χ0) is 27.0. The Morgan fingerprint density at radius 2 is 1.65 bits per heavy atom. The number of nitrogens with zero attached hydrogens (tertiary/aromatic N) is 1. The highest BCUT2D eigenvalue weighted by atomic mass is 19.2. The molecule has 0 spiro atoms. The molecule has 0 bridgehead atoms. The van der Waals surface area contributed by atoms with Crippen LogP contribution in [0.25, 0.3) is 0 Å². The van der Waals surface area contributed by atoms with Gasteiger partial charge in [0.2, 0.25) is 0 Å². The second-order valence-electron chi connectivity index (χ2n) is 8.79. The van der Waals surface area contributed by atoms with Crippen molar-refractivity contribution in [1.82, 2.24) is 4.90 Å². The fourth-order valence-electron chi connectivity index (χ4n) is 3.80. The van der Waals surface area contributed by atoms with Gasteiger partial charge in [0.05, 0.1) is 6.54 Å². The van der Waals surface area contributed by atoms with E-state index in [1.165, 1.54) is 12.5 Å². The molecular formula is C28H38F2N2O5. The first-order valence-electron chi connectivity index (χ1n) is 12.9. The molecule has 9 heteroatoms. The van der Waals surface area contributed by atoms with Crippen LogP contribution in [0.15, 0.2) is 42.5 Å². The molecule has 2 aromatic carbocycles. The van der Waals surface area contributed by atoms with E-state index in [0.717, 1.165) is 49.8 Å². The number of benzene rings is 2. The van der Waals surface area contributed by atoms with Crippen LogP contribution < -0.4 is 10.1 Å². The zero-order valence-electron chi connectivity index (χ0n) is 21.7. The smallest absolute Gasteiger partial charge is 0.333 e. The molecule has 1 atom stereocenters. The zero-order valence-corrected chi connectivity index (χ0v) is 21.7. The van der Waals surface area contributed by atoms with Gasteiger partial charge in [-0.25, -0.2) is 18.4 Å². The summed E-state index contributed by atoms with van der Waals surface area (Å²) < 4.78 is 37.8. The van der Waals surface area contributed by atoms with E-state index in [-0.39, 0.29) is 18.7 Å². The average Bonchev–Trinajstić information content (AvgIpc) is 2.87. The fraction of sp³-hybridized carbons (Fsp3) is 0.500. The van der Waals surface area contributed by atoms with Crippen LogP contribution in [0.1, 0.15) is 57.9 Å². The third-order valence-electron chi connectivity index (χ3n) is 5.86. The van der Waals surface area contributed by atoms with Gasteiger partial charge in [-0.15, -0.1) is 0 Å². The Morgan fingerprint density at radius 3 is 2.30 bits per heavy atom. The summed E-state index contributed by atoms with van der Waals surface area (Å²) in [5.74, 6) is -2.41. The topological polar surface area (TPSA) is 88.1 Å². The maximum Gasteiger partial charge on any atom is 0.333 e. The van der Waals surface area contributed by atoms with Gasteiger partial charge < -0.3 is 24.8 Å². The van der Waals surface area contributed by atoms with Gasteiger partial charge >= 0.3 is 12.0 Å². The van der Waals surface area contributed by atoms with Crippen LogP contribution in [0.2, 0.25) is 0 Å². The average molecular weight is 521 g/mol. The minimum absolute atomic E-state index is 0.181. The number of unbranched alkanes of at least 4 members (excludes halogenated alkanes) is 5. The number of carboxylic acids is 1. The van der Waals surface area contributed by atoms with E-state index >= 15 is 0 Å². The summed E-state index contributed by atoms with van der Waals surface area (Å²) in [6.07, 6.45) is 5.78. The first-order valence-corrected chi connectivity index (χ1v) is 12.9. The first kappa shape index (κ1) is 30.0. The Morgan fingerprint density at radius 1 is 0.946 bits per heavy atom. The van der Waals surface area contributed by atoms with Crippen LogP contribution in [0, 0.1) is 11.6 Å². The standard InChI is InChI=1S/C28H38F2N2O5/c1-3-5-6-7-8-9-16-32(28(35)31-22-12-15-24(29)25(30)20-22)17-18-37-23-13-10-21(11-14-23)19-26(27(33)34)36-4-2/h10-15,20,26H,3-9,16-19H2,1-2H3,(H,31,35)(H,33,34). The number of nitrogens with one attached hydrogen (secondary N) is 1. The summed E-state index contributed by atoms with van der Waals surface area (Å²) in [6.45, 7) is 5.27. The Bertz CT molecular complexity index is 972. The minimum Gasteiger partial charge on any atom is -0.492 e. The Balaban J connectivity index is 1.92. The highest BCUT2D eigenvalue weighted by Gasteiger charge is 2.18. The molecule has 0 radical (unpaired) electrons. The van der Waals surface area contributed by atoms with Crippen molar-refractivity contribution < 1.29 is 33.0 Å². The molecule has 0 fully saturated rings. The lowest BCUT2D eigenvalue weighted by Crippen LogP contribution is -2.38. The van der Waals surface area contributed by atoms with E-state index in [9.17, 15) is 23.5 Å². The Kier molecular flexibility index (Phi) is 13.4. The van der Waals surface area contributed by atoms with Gasteiger partial charge in [-0.1, -0.05) is 51.2 Å². The van der Waals surface area contributed by atoms with Crippen molar-refractivity contribution in [3.63, 3.8) is 0 Å². The monoisotopic (exact) mass is 520 g/mol. The molecule has 204 valence electrons. The van der Waals surface area contributed by atoms with Gasteiger partial charge in [-0.3, -0.25) is 0 Å². The molecule has 0 aliphatic rings. The number of carbonyl (C=O) groups is 2. The second-order valence-corrected chi connectivity index (χ2v) is 8.79. The first-order chi connectivity index (χ1) is 17.8. The number of urea groups is 1. The highest BCUT2D eigenvalue weighted by Crippen LogP contribution is 2.16. The number of hydrogen-bond donors (Lipinski definition) is 2.